The van der Waals surface area contributed by atoms with Gasteiger partial charge in [0.15, 0.2) is 11.5 Å². The SMILES string of the molecule is C=C(OCC)C(=O)CC(C[N+](=O)[O-])c1ccccc1. The largest absolute Gasteiger partial charge is 0.491 e. The van der Waals surface area contributed by atoms with Crippen molar-refractivity contribution >= 4 is 5.78 Å². The lowest BCUT2D eigenvalue weighted by molar-refractivity contribution is -0.483. The molecule has 0 heterocycles. The Balaban J connectivity index is 2.79. The van der Waals surface area contributed by atoms with Crippen molar-refractivity contribution in [2.24, 2.45) is 0 Å². The van der Waals surface area contributed by atoms with Crippen LogP contribution in [0.1, 0.15) is 24.8 Å². The van der Waals surface area contributed by atoms with Crippen molar-refractivity contribution in [2.45, 2.75) is 19.3 Å². The van der Waals surface area contributed by atoms with E-state index in [1.165, 1.54) is 0 Å². The van der Waals surface area contributed by atoms with E-state index in [-0.39, 0.29) is 24.5 Å². The maximum atomic E-state index is 11.9. The molecule has 1 aromatic carbocycles. The molecule has 0 amide bonds. The second kappa shape index (κ2) is 7.31. The van der Waals surface area contributed by atoms with Crippen molar-refractivity contribution in [3.05, 3.63) is 58.3 Å². The molecule has 5 heteroatoms. The molecule has 1 rings (SSSR count). The zero-order valence-corrected chi connectivity index (χ0v) is 10.9. The second-order valence-corrected chi connectivity index (χ2v) is 4.11. The number of benzene rings is 1. The summed E-state index contributed by atoms with van der Waals surface area (Å²) in [5, 5.41) is 10.7. The minimum atomic E-state index is -0.457. The summed E-state index contributed by atoms with van der Waals surface area (Å²) in [6.45, 7) is 5.36. The number of nitro groups is 1. The highest BCUT2D eigenvalue weighted by Gasteiger charge is 2.23. The van der Waals surface area contributed by atoms with Crippen molar-refractivity contribution in [1.82, 2.24) is 0 Å². The molecule has 0 aliphatic rings. The summed E-state index contributed by atoms with van der Waals surface area (Å²) in [5.41, 5.74) is 0.775. The van der Waals surface area contributed by atoms with Crippen LogP contribution in [0.15, 0.2) is 42.7 Å². The predicted molar refractivity (Wildman–Crippen MR) is 71.4 cm³/mol. The van der Waals surface area contributed by atoms with Crippen molar-refractivity contribution in [3.8, 4) is 0 Å². The molecule has 0 aliphatic heterocycles. The van der Waals surface area contributed by atoms with Gasteiger partial charge in [0.05, 0.1) is 12.5 Å². The molecule has 5 nitrogen and oxygen atoms in total. The van der Waals surface area contributed by atoms with Crippen molar-refractivity contribution in [1.29, 1.82) is 0 Å². The molecule has 1 atom stereocenters. The van der Waals surface area contributed by atoms with E-state index in [9.17, 15) is 14.9 Å². The molecule has 102 valence electrons. The number of allylic oxidation sites excluding steroid dienone is 1. The van der Waals surface area contributed by atoms with Crippen LogP contribution in [-0.2, 0) is 9.53 Å². The maximum Gasteiger partial charge on any atom is 0.211 e. The summed E-state index contributed by atoms with van der Waals surface area (Å²) in [4.78, 5) is 22.1. The molecule has 0 bridgehead atoms. The molecule has 0 radical (unpaired) electrons. The Kier molecular flexibility index (Phi) is 5.73. The lowest BCUT2D eigenvalue weighted by atomic mass is 9.93. The van der Waals surface area contributed by atoms with Crippen molar-refractivity contribution < 1.29 is 14.5 Å². The molecule has 0 saturated heterocycles. The first kappa shape index (κ1) is 14.9. The zero-order valence-electron chi connectivity index (χ0n) is 10.9. The number of nitrogens with zero attached hydrogens (tertiary/aromatic N) is 1. The zero-order chi connectivity index (χ0) is 14.3. The summed E-state index contributed by atoms with van der Waals surface area (Å²) in [5.74, 6) is -0.690. The van der Waals surface area contributed by atoms with E-state index in [4.69, 9.17) is 4.74 Å². The molecule has 0 aromatic heterocycles. The van der Waals surface area contributed by atoms with E-state index in [1.54, 1.807) is 31.2 Å². The summed E-state index contributed by atoms with van der Waals surface area (Å²) in [6.07, 6.45) is 0.0316. The minimum absolute atomic E-state index is 0.0316. The lowest BCUT2D eigenvalue weighted by Gasteiger charge is -2.13. The molecule has 19 heavy (non-hydrogen) atoms. The van der Waals surface area contributed by atoms with E-state index < -0.39 is 10.8 Å². The average Bonchev–Trinajstić information content (AvgIpc) is 2.38. The van der Waals surface area contributed by atoms with E-state index in [0.717, 1.165) is 5.56 Å². The normalized spacial score (nSPS) is 11.6. The second-order valence-electron chi connectivity index (χ2n) is 4.11. The predicted octanol–water partition coefficient (Wildman–Crippen LogP) is 2.56. The molecule has 0 aliphatic carbocycles. The minimum Gasteiger partial charge on any atom is -0.491 e. The third-order valence-electron chi connectivity index (χ3n) is 2.70. The Morgan fingerprint density at radius 2 is 2.05 bits per heavy atom. The van der Waals surface area contributed by atoms with E-state index >= 15 is 0 Å². The van der Waals surface area contributed by atoms with Gasteiger partial charge in [-0.1, -0.05) is 36.9 Å². The quantitative estimate of drug-likeness (QED) is 0.313. The molecule has 0 spiro atoms. The molecule has 1 unspecified atom stereocenters. The van der Waals surface area contributed by atoms with Crippen LogP contribution in [0, 0.1) is 10.1 Å². The van der Waals surface area contributed by atoms with Crippen molar-refractivity contribution in [2.75, 3.05) is 13.2 Å². The molecule has 1 aromatic rings. The molecule has 0 fully saturated rings. The summed E-state index contributed by atoms with van der Waals surface area (Å²) in [6, 6.07) is 8.98. The van der Waals surface area contributed by atoms with Gasteiger partial charge in [0.25, 0.3) is 0 Å². The molecule has 0 saturated carbocycles. The van der Waals surface area contributed by atoms with Gasteiger partial charge in [0, 0.05) is 11.3 Å². The number of Topliss-reactive ketones (excluding diaryl/α,β-unsaturated/α-hetero) is 1. The molecular formula is C14H17NO4. The number of ketones is 1. The van der Waals surface area contributed by atoms with Crippen LogP contribution in [0.3, 0.4) is 0 Å². The highest BCUT2D eigenvalue weighted by molar-refractivity contribution is 5.93. The Morgan fingerprint density at radius 1 is 1.42 bits per heavy atom. The van der Waals surface area contributed by atoms with Gasteiger partial charge in [-0.05, 0) is 12.5 Å². The topological polar surface area (TPSA) is 69.4 Å². The van der Waals surface area contributed by atoms with Crippen LogP contribution in [0.25, 0.3) is 0 Å². The number of carbonyl (C=O) groups excluding carboxylic acids is 1. The number of ether oxygens (including phenoxy) is 1. The molecule has 0 N–H and O–H groups in total. The molecular weight excluding hydrogens is 246 g/mol. The van der Waals surface area contributed by atoms with Crippen LogP contribution in [0.4, 0.5) is 0 Å². The first-order valence-electron chi connectivity index (χ1n) is 6.06. The fourth-order valence-corrected chi connectivity index (χ4v) is 1.79. The van der Waals surface area contributed by atoms with Crippen LogP contribution in [-0.4, -0.2) is 23.9 Å². The number of rotatable bonds is 8. The van der Waals surface area contributed by atoms with Gasteiger partial charge in [-0.25, -0.2) is 0 Å². The van der Waals surface area contributed by atoms with Crippen LogP contribution >= 0.6 is 0 Å². The Hall–Kier alpha value is -2.17. The average molecular weight is 263 g/mol. The Morgan fingerprint density at radius 3 is 2.58 bits per heavy atom. The lowest BCUT2D eigenvalue weighted by Crippen LogP contribution is -2.18. The summed E-state index contributed by atoms with van der Waals surface area (Å²) >= 11 is 0. The fraction of sp³-hybridized carbons (Fsp3) is 0.357. The van der Waals surface area contributed by atoms with E-state index in [1.807, 2.05) is 6.07 Å². The van der Waals surface area contributed by atoms with Gasteiger partial charge in [-0.3, -0.25) is 14.9 Å². The summed E-state index contributed by atoms with van der Waals surface area (Å²) < 4.78 is 5.03. The maximum absolute atomic E-state index is 11.9. The van der Waals surface area contributed by atoms with Gasteiger partial charge < -0.3 is 4.74 Å². The van der Waals surface area contributed by atoms with Gasteiger partial charge in [0.2, 0.25) is 6.54 Å². The number of carbonyl (C=O) groups is 1. The third kappa shape index (κ3) is 4.91. The third-order valence-corrected chi connectivity index (χ3v) is 2.70. The smallest absolute Gasteiger partial charge is 0.211 e. The van der Waals surface area contributed by atoms with E-state index in [0.29, 0.717) is 6.61 Å². The van der Waals surface area contributed by atoms with Crippen LogP contribution < -0.4 is 0 Å². The Bertz CT molecular complexity index is 456. The standard InChI is InChI=1S/C14H17NO4/c1-3-19-11(2)14(16)9-13(10-15(17)18)12-7-5-4-6-8-12/h4-8,13H,2-3,9-10H2,1H3. The van der Waals surface area contributed by atoms with Crippen molar-refractivity contribution in [3.63, 3.8) is 0 Å². The summed E-state index contributed by atoms with van der Waals surface area (Å²) in [7, 11) is 0. The number of hydrogen-bond acceptors (Lipinski definition) is 4. The van der Waals surface area contributed by atoms with Gasteiger partial charge in [0.1, 0.15) is 0 Å². The van der Waals surface area contributed by atoms with Gasteiger partial charge in [-0.2, -0.15) is 0 Å². The van der Waals surface area contributed by atoms with Gasteiger partial charge in [-0.15, -0.1) is 0 Å². The van der Waals surface area contributed by atoms with E-state index in [2.05, 4.69) is 6.58 Å². The van der Waals surface area contributed by atoms with Crippen LogP contribution in [0.2, 0.25) is 0 Å². The monoisotopic (exact) mass is 263 g/mol. The highest BCUT2D eigenvalue weighted by Crippen LogP contribution is 2.21. The number of hydrogen-bond donors (Lipinski definition) is 0. The first-order valence-corrected chi connectivity index (χ1v) is 6.06. The first-order chi connectivity index (χ1) is 9.04. The van der Waals surface area contributed by atoms with Crippen LogP contribution in [0.5, 0.6) is 0 Å². The Labute approximate surface area is 112 Å². The fourth-order valence-electron chi connectivity index (χ4n) is 1.79. The highest BCUT2D eigenvalue weighted by atomic mass is 16.6. The van der Waals surface area contributed by atoms with Gasteiger partial charge >= 0.3 is 0 Å².